The zero-order valence-corrected chi connectivity index (χ0v) is 12.3. The van der Waals surface area contributed by atoms with E-state index in [1.807, 2.05) is 6.92 Å². The number of anilines is 1. The molecule has 0 amide bonds. The van der Waals surface area contributed by atoms with Crippen LogP contribution in [-0.2, 0) is 4.74 Å². The minimum absolute atomic E-state index is 0.315. The van der Waals surface area contributed by atoms with Crippen LogP contribution in [0.5, 0.6) is 0 Å². The highest BCUT2D eigenvalue weighted by Crippen LogP contribution is 2.26. The second-order valence-corrected chi connectivity index (χ2v) is 6.34. The molecule has 0 radical (unpaired) electrons. The van der Waals surface area contributed by atoms with Crippen LogP contribution in [0.4, 0.5) is 5.95 Å². The maximum absolute atomic E-state index is 5.22. The van der Waals surface area contributed by atoms with Crippen LogP contribution in [-0.4, -0.2) is 40.8 Å². The molecule has 1 aromatic rings. The van der Waals surface area contributed by atoms with E-state index in [9.17, 15) is 0 Å². The molecule has 1 saturated heterocycles. The van der Waals surface area contributed by atoms with Gasteiger partial charge < -0.3 is 14.6 Å². The molecule has 5 heteroatoms. The summed E-state index contributed by atoms with van der Waals surface area (Å²) in [6, 6.07) is 0.315. The lowest BCUT2D eigenvalue weighted by molar-refractivity contribution is 0.163. The molecule has 0 saturated carbocycles. The molecular weight excluding hydrogens is 246 g/mol. The highest BCUT2D eigenvalue weighted by atomic mass is 32.2. The zero-order valence-electron chi connectivity index (χ0n) is 11.5. The number of imidazole rings is 1. The molecule has 4 nitrogen and oxygen atoms in total. The second-order valence-electron chi connectivity index (χ2n) is 4.93. The van der Waals surface area contributed by atoms with Gasteiger partial charge in [0.25, 0.3) is 0 Å². The first-order chi connectivity index (χ1) is 8.70. The van der Waals surface area contributed by atoms with Gasteiger partial charge in [0.1, 0.15) is 0 Å². The standard InChI is InChI=1S/C13H23N3OS/c1-10-8-16(11(2)9-17-3)13(15-10)14-7-12-5-4-6-18-12/h8,11-12H,4-7,9H2,1-3H3,(H,14,15). The van der Waals surface area contributed by atoms with Crippen molar-refractivity contribution in [3.63, 3.8) is 0 Å². The van der Waals surface area contributed by atoms with Crippen molar-refractivity contribution >= 4 is 17.7 Å². The zero-order chi connectivity index (χ0) is 13.0. The lowest BCUT2D eigenvalue weighted by atomic mass is 10.2. The van der Waals surface area contributed by atoms with Crippen molar-refractivity contribution in [3.05, 3.63) is 11.9 Å². The number of aromatic nitrogens is 2. The van der Waals surface area contributed by atoms with Crippen molar-refractivity contribution in [1.29, 1.82) is 0 Å². The summed E-state index contributed by atoms with van der Waals surface area (Å²) in [5.74, 6) is 2.28. The first-order valence-corrected chi connectivity index (χ1v) is 7.65. The largest absolute Gasteiger partial charge is 0.383 e. The van der Waals surface area contributed by atoms with Gasteiger partial charge in [-0.3, -0.25) is 0 Å². The van der Waals surface area contributed by atoms with Crippen LogP contribution in [0.3, 0.4) is 0 Å². The SMILES string of the molecule is COCC(C)n1cc(C)nc1NCC1CCCS1. The smallest absolute Gasteiger partial charge is 0.203 e. The van der Waals surface area contributed by atoms with Crippen LogP contribution in [0.25, 0.3) is 0 Å². The van der Waals surface area contributed by atoms with E-state index >= 15 is 0 Å². The summed E-state index contributed by atoms with van der Waals surface area (Å²) in [7, 11) is 1.74. The Hall–Kier alpha value is -0.680. The van der Waals surface area contributed by atoms with E-state index in [1.54, 1.807) is 7.11 Å². The quantitative estimate of drug-likeness (QED) is 0.862. The van der Waals surface area contributed by atoms with Crippen molar-refractivity contribution in [2.75, 3.05) is 31.3 Å². The van der Waals surface area contributed by atoms with Crippen molar-refractivity contribution in [3.8, 4) is 0 Å². The van der Waals surface area contributed by atoms with E-state index in [1.165, 1.54) is 18.6 Å². The first-order valence-electron chi connectivity index (χ1n) is 6.60. The molecule has 0 spiro atoms. The highest BCUT2D eigenvalue weighted by Gasteiger charge is 2.17. The topological polar surface area (TPSA) is 39.1 Å². The Kier molecular flexibility index (Phi) is 4.95. The molecule has 2 heterocycles. The summed E-state index contributed by atoms with van der Waals surface area (Å²) in [5, 5.41) is 4.23. The van der Waals surface area contributed by atoms with Gasteiger partial charge in [-0.05, 0) is 32.4 Å². The molecule has 0 aromatic carbocycles. The van der Waals surface area contributed by atoms with E-state index in [2.05, 4.69) is 39.8 Å². The second kappa shape index (κ2) is 6.48. The summed E-state index contributed by atoms with van der Waals surface area (Å²) < 4.78 is 7.40. The molecular formula is C13H23N3OS. The number of ether oxygens (including phenoxy) is 1. The number of rotatable bonds is 6. The molecule has 0 aliphatic carbocycles. The molecule has 2 unspecified atom stereocenters. The van der Waals surface area contributed by atoms with E-state index in [0.717, 1.165) is 23.4 Å². The molecule has 2 atom stereocenters. The van der Waals surface area contributed by atoms with Gasteiger partial charge in [-0.15, -0.1) is 0 Å². The Balaban J connectivity index is 1.97. The van der Waals surface area contributed by atoms with Gasteiger partial charge in [0.15, 0.2) is 0 Å². The average Bonchev–Trinajstić information content (AvgIpc) is 2.95. The predicted octanol–water partition coefficient (Wildman–Crippen LogP) is 2.71. The fourth-order valence-electron chi connectivity index (χ4n) is 2.31. The molecule has 1 N–H and O–H groups in total. The Morgan fingerprint density at radius 3 is 3.17 bits per heavy atom. The summed E-state index contributed by atoms with van der Waals surface area (Å²) >= 11 is 2.07. The maximum Gasteiger partial charge on any atom is 0.203 e. The third-order valence-corrected chi connectivity index (χ3v) is 4.65. The summed E-state index contributed by atoms with van der Waals surface area (Å²) in [5.41, 5.74) is 1.06. The van der Waals surface area contributed by atoms with Crippen LogP contribution < -0.4 is 5.32 Å². The molecule has 1 fully saturated rings. The number of aryl methyl sites for hydroxylation is 1. The summed E-state index contributed by atoms with van der Waals surface area (Å²) in [6.45, 7) is 5.91. The minimum Gasteiger partial charge on any atom is -0.383 e. The number of nitrogens with one attached hydrogen (secondary N) is 1. The minimum atomic E-state index is 0.315. The predicted molar refractivity (Wildman–Crippen MR) is 77.5 cm³/mol. The average molecular weight is 269 g/mol. The van der Waals surface area contributed by atoms with Crippen molar-refractivity contribution in [2.45, 2.75) is 38.0 Å². The third-order valence-electron chi connectivity index (χ3n) is 3.25. The van der Waals surface area contributed by atoms with Gasteiger partial charge in [0.05, 0.1) is 18.3 Å². The maximum atomic E-state index is 5.22. The highest BCUT2D eigenvalue weighted by molar-refractivity contribution is 8.00. The van der Waals surface area contributed by atoms with E-state index in [-0.39, 0.29) is 0 Å². The van der Waals surface area contributed by atoms with E-state index in [4.69, 9.17) is 4.74 Å². The van der Waals surface area contributed by atoms with E-state index in [0.29, 0.717) is 12.6 Å². The Labute approximate surface area is 114 Å². The van der Waals surface area contributed by atoms with Gasteiger partial charge in [-0.2, -0.15) is 11.8 Å². The van der Waals surface area contributed by atoms with Crippen LogP contribution in [0.2, 0.25) is 0 Å². The van der Waals surface area contributed by atoms with Gasteiger partial charge in [0.2, 0.25) is 5.95 Å². The van der Waals surface area contributed by atoms with Crippen LogP contribution >= 0.6 is 11.8 Å². The van der Waals surface area contributed by atoms with Crippen LogP contribution in [0, 0.1) is 6.92 Å². The fraction of sp³-hybridized carbons (Fsp3) is 0.769. The normalized spacial score (nSPS) is 21.2. The van der Waals surface area contributed by atoms with Gasteiger partial charge in [0, 0.05) is 25.1 Å². The van der Waals surface area contributed by atoms with Crippen LogP contribution in [0.15, 0.2) is 6.20 Å². The lowest BCUT2D eigenvalue weighted by Crippen LogP contribution is -2.19. The van der Waals surface area contributed by atoms with Gasteiger partial charge in [-0.25, -0.2) is 4.98 Å². The number of nitrogens with zero attached hydrogens (tertiary/aromatic N) is 2. The molecule has 1 aliphatic rings. The lowest BCUT2D eigenvalue weighted by Gasteiger charge is -2.17. The monoisotopic (exact) mass is 269 g/mol. The van der Waals surface area contributed by atoms with Gasteiger partial charge >= 0.3 is 0 Å². The van der Waals surface area contributed by atoms with E-state index < -0.39 is 0 Å². The molecule has 1 aromatic heterocycles. The number of methoxy groups -OCH3 is 1. The van der Waals surface area contributed by atoms with Crippen LogP contribution in [0.1, 0.15) is 31.5 Å². The Morgan fingerprint density at radius 2 is 2.50 bits per heavy atom. The fourth-order valence-corrected chi connectivity index (χ4v) is 3.52. The van der Waals surface area contributed by atoms with Crippen molar-refractivity contribution < 1.29 is 4.74 Å². The first kappa shape index (κ1) is 13.7. The molecule has 18 heavy (non-hydrogen) atoms. The molecule has 2 rings (SSSR count). The molecule has 102 valence electrons. The number of hydrogen-bond acceptors (Lipinski definition) is 4. The third kappa shape index (κ3) is 3.42. The summed E-state index contributed by atoms with van der Waals surface area (Å²) in [6.07, 6.45) is 4.77. The van der Waals surface area contributed by atoms with Gasteiger partial charge in [-0.1, -0.05) is 0 Å². The Morgan fingerprint density at radius 1 is 1.67 bits per heavy atom. The van der Waals surface area contributed by atoms with Crippen molar-refractivity contribution in [2.24, 2.45) is 0 Å². The number of hydrogen-bond donors (Lipinski definition) is 1. The van der Waals surface area contributed by atoms with Crippen molar-refractivity contribution in [1.82, 2.24) is 9.55 Å². The number of thioether (sulfide) groups is 1. The summed E-state index contributed by atoms with van der Waals surface area (Å²) in [4.78, 5) is 4.56. The molecule has 0 bridgehead atoms. The molecule has 1 aliphatic heterocycles. The Bertz CT molecular complexity index is 374.